The van der Waals surface area contributed by atoms with Crippen molar-refractivity contribution in [2.24, 2.45) is 5.73 Å². The standard InChI is InChI=1S/C5H13NO.C3H6.O5P2/c1-2-5(6)3-4-7;1-3-2;1-6(2)5-7(3)4/h5,7H,2-4,6H2,1H3;3H,1H2,2H3;/p+2. The molecule has 0 radical (unpaired) electrons. The van der Waals surface area contributed by atoms with Crippen LogP contribution in [0.5, 0.6) is 0 Å². The molecule has 0 rings (SSSR count). The molecule has 0 spiro atoms. The largest absolute Gasteiger partial charge is 0.745 e. The van der Waals surface area contributed by atoms with Crippen LogP contribution in [0.4, 0.5) is 0 Å². The zero-order chi connectivity index (χ0) is 14.3. The molecule has 9 heteroatoms. The molecule has 0 amide bonds. The summed E-state index contributed by atoms with van der Waals surface area (Å²) in [6.07, 6.45) is 3.44. The predicted octanol–water partition coefficient (Wildman–Crippen LogP) is 1.60. The van der Waals surface area contributed by atoms with Crippen LogP contribution >= 0.6 is 16.5 Å². The van der Waals surface area contributed by atoms with Gasteiger partial charge in [0.25, 0.3) is 0 Å². The van der Waals surface area contributed by atoms with Gasteiger partial charge < -0.3 is 10.8 Å². The number of allylic oxidation sites excluding steroid dienone is 1. The molecule has 0 aromatic heterocycles. The van der Waals surface area contributed by atoms with E-state index in [-0.39, 0.29) is 12.6 Å². The van der Waals surface area contributed by atoms with E-state index in [0.717, 1.165) is 12.8 Å². The van der Waals surface area contributed by atoms with Gasteiger partial charge >= 0.3 is 16.5 Å². The van der Waals surface area contributed by atoms with E-state index in [0.29, 0.717) is 0 Å². The number of hydrogen-bond acceptors (Lipinski definition) is 5. The van der Waals surface area contributed by atoms with Crippen molar-refractivity contribution >= 4 is 16.5 Å². The Morgan fingerprint density at radius 1 is 1.41 bits per heavy atom. The molecule has 3 atom stereocenters. The number of hydrogen-bond donors (Lipinski definition) is 4. The van der Waals surface area contributed by atoms with Crippen molar-refractivity contribution in [1.29, 1.82) is 0 Å². The minimum absolute atomic E-state index is 0.199. The fourth-order valence-electron chi connectivity index (χ4n) is 0.430. The number of aliphatic hydroxyl groups excluding tert-OH is 1. The lowest BCUT2D eigenvalue weighted by molar-refractivity contribution is 0.274. The highest BCUT2D eigenvalue weighted by Gasteiger charge is 2.31. The maximum absolute atomic E-state index is 9.39. The van der Waals surface area contributed by atoms with Crippen LogP contribution in [0, 0.1) is 0 Å². The van der Waals surface area contributed by atoms with Crippen LogP contribution in [-0.4, -0.2) is 27.5 Å². The Bertz CT molecular complexity index is 202. The highest BCUT2D eigenvalue weighted by molar-refractivity contribution is 7.46. The van der Waals surface area contributed by atoms with Crippen LogP contribution in [0.2, 0.25) is 0 Å². The molecule has 102 valence electrons. The van der Waals surface area contributed by atoms with Gasteiger partial charge in [0.15, 0.2) is 4.31 Å². The summed E-state index contributed by atoms with van der Waals surface area (Å²) in [5, 5.41) is 8.29. The van der Waals surface area contributed by atoms with Crippen LogP contribution in [0.1, 0.15) is 26.7 Å². The molecule has 0 aliphatic heterocycles. The summed E-state index contributed by atoms with van der Waals surface area (Å²) in [6.45, 7) is 7.48. The quantitative estimate of drug-likeness (QED) is 0.446. The van der Waals surface area contributed by atoms with Crippen molar-refractivity contribution in [3.63, 3.8) is 0 Å². The van der Waals surface area contributed by atoms with Gasteiger partial charge in [-0.15, -0.1) is 16.4 Å². The monoisotopic (exact) mass is 289 g/mol. The van der Waals surface area contributed by atoms with E-state index < -0.39 is 16.5 Å². The van der Waals surface area contributed by atoms with Gasteiger partial charge in [-0.25, -0.2) is 0 Å². The Hall–Kier alpha value is -0.260. The van der Waals surface area contributed by atoms with Crippen LogP contribution in [0.25, 0.3) is 0 Å². The molecule has 3 unspecified atom stereocenters. The average molecular weight is 289 g/mol. The van der Waals surface area contributed by atoms with Crippen molar-refractivity contribution in [2.75, 3.05) is 6.61 Å². The molecule has 0 heterocycles. The summed E-state index contributed by atoms with van der Waals surface area (Å²) < 4.78 is 22.2. The smallest absolute Gasteiger partial charge is 0.396 e. The van der Waals surface area contributed by atoms with Crippen LogP contribution in [-0.2, 0) is 13.4 Å². The summed E-state index contributed by atoms with van der Waals surface area (Å²) in [4.78, 5) is 15.3. The van der Waals surface area contributed by atoms with E-state index >= 15 is 0 Å². The summed E-state index contributed by atoms with van der Waals surface area (Å²) >= 11 is 0. The molecule has 0 aromatic rings. The second-order valence-corrected chi connectivity index (χ2v) is 4.25. The van der Waals surface area contributed by atoms with Gasteiger partial charge in [-0.3, -0.25) is 0 Å². The SMILES string of the molecule is C=CC.CCC(N)CCO.O=[P+](O)O[P+](=O)O. The Morgan fingerprint density at radius 3 is 1.82 bits per heavy atom. The molecular formula is C8H21NO6P2+2. The van der Waals surface area contributed by atoms with Gasteiger partial charge in [0.1, 0.15) is 0 Å². The summed E-state index contributed by atoms with van der Waals surface area (Å²) in [5.74, 6) is 0. The molecule has 0 aromatic carbocycles. The van der Waals surface area contributed by atoms with E-state index in [9.17, 15) is 9.13 Å². The summed E-state index contributed by atoms with van der Waals surface area (Å²) in [7, 11) is -5.85. The highest BCUT2D eigenvalue weighted by Crippen LogP contribution is 2.30. The molecule has 0 aliphatic carbocycles. The maximum atomic E-state index is 9.39. The van der Waals surface area contributed by atoms with Gasteiger partial charge in [-0.05, 0) is 19.8 Å². The van der Waals surface area contributed by atoms with Crippen LogP contribution in [0.3, 0.4) is 0 Å². The van der Waals surface area contributed by atoms with Gasteiger partial charge in [-0.2, -0.15) is 0 Å². The van der Waals surface area contributed by atoms with Crippen LogP contribution in [0.15, 0.2) is 12.7 Å². The highest BCUT2D eigenvalue weighted by atomic mass is 31.2. The van der Waals surface area contributed by atoms with Gasteiger partial charge in [-0.1, -0.05) is 13.0 Å². The van der Waals surface area contributed by atoms with Gasteiger partial charge in [0.05, 0.1) is 0 Å². The van der Waals surface area contributed by atoms with Gasteiger partial charge in [0.2, 0.25) is 0 Å². The zero-order valence-corrected chi connectivity index (χ0v) is 11.8. The van der Waals surface area contributed by atoms with E-state index in [1.165, 1.54) is 0 Å². The van der Waals surface area contributed by atoms with E-state index in [4.69, 9.17) is 20.6 Å². The fraction of sp³-hybridized carbons (Fsp3) is 0.750. The first-order chi connectivity index (χ1) is 7.85. The van der Waals surface area contributed by atoms with Crippen molar-refractivity contribution in [2.45, 2.75) is 32.7 Å². The summed E-state index contributed by atoms with van der Waals surface area (Å²) in [5.41, 5.74) is 5.42. The second-order valence-electron chi connectivity index (χ2n) is 2.65. The lowest BCUT2D eigenvalue weighted by Crippen LogP contribution is -2.19. The third-order valence-corrected chi connectivity index (χ3v) is 2.28. The molecule has 0 aliphatic rings. The Kier molecular flexibility index (Phi) is 23.4. The third kappa shape index (κ3) is 38.9. The van der Waals surface area contributed by atoms with E-state index in [1.54, 1.807) is 6.08 Å². The minimum Gasteiger partial charge on any atom is -0.396 e. The summed E-state index contributed by atoms with van der Waals surface area (Å²) in [6, 6.07) is 0.199. The van der Waals surface area contributed by atoms with Crippen LogP contribution < -0.4 is 5.73 Å². The van der Waals surface area contributed by atoms with E-state index in [2.05, 4.69) is 10.9 Å². The van der Waals surface area contributed by atoms with Crippen molar-refractivity contribution in [3.05, 3.63) is 12.7 Å². The predicted molar refractivity (Wildman–Crippen MR) is 66.6 cm³/mol. The Balaban J connectivity index is -0.000000188. The molecular weight excluding hydrogens is 268 g/mol. The van der Waals surface area contributed by atoms with Crippen molar-refractivity contribution in [1.82, 2.24) is 0 Å². The molecule has 0 bridgehead atoms. The third-order valence-electron chi connectivity index (χ3n) is 1.16. The molecule has 0 saturated carbocycles. The molecule has 5 N–H and O–H groups in total. The molecule has 0 fully saturated rings. The molecule has 0 saturated heterocycles. The maximum Gasteiger partial charge on any atom is 0.745 e. The Labute approximate surface area is 103 Å². The Morgan fingerprint density at radius 2 is 1.76 bits per heavy atom. The van der Waals surface area contributed by atoms with Gasteiger partial charge in [0, 0.05) is 21.8 Å². The fourth-order valence-corrected chi connectivity index (χ4v) is 0.908. The number of rotatable bonds is 5. The van der Waals surface area contributed by atoms with Crippen molar-refractivity contribution in [3.8, 4) is 0 Å². The van der Waals surface area contributed by atoms with E-state index in [1.807, 2.05) is 13.8 Å². The first-order valence-corrected chi connectivity index (χ1v) is 7.05. The molecule has 17 heavy (non-hydrogen) atoms. The lowest BCUT2D eigenvalue weighted by atomic mass is 10.2. The number of aliphatic hydroxyl groups is 1. The van der Waals surface area contributed by atoms with Crippen molar-refractivity contribution < 1.29 is 28.3 Å². The minimum atomic E-state index is -2.92. The topological polar surface area (TPSA) is 130 Å². The zero-order valence-electron chi connectivity index (χ0n) is 10.0. The second kappa shape index (κ2) is 18.1. The average Bonchev–Trinajstić information content (AvgIpc) is 2.18. The molecule has 7 nitrogen and oxygen atoms in total. The normalized spacial score (nSPS) is 12.1. The first-order valence-electron chi connectivity index (χ1n) is 4.79. The first kappa shape index (κ1) is 22.0. The lowest BCUT2D eigenvalue weighted by Gasteiger charge is -2.02. The number of nitrogens with two attached hydrogens (primary N) is 1.